The number of benzene rings is 1. The normalized spacial score (nSPS) is 22.5. The number of alkyl halides is 3. The molecular formula is C17H18BrF3N2O. The number of amides is 1. The minimum Gasteiger partial charge on any atom is -0.330 e. The van der Waals surface area contributed by atoms with Gasteiger partial charge < -0.3 is 4.90 Å². The second-order valence-corrected chi connectivity index (χ2v) is 7.04. The molecule has 1 aromatic carbocycles. The van der Waals surface area contributed by atoms with E-state index in [-0.39, 0.29) is 11.5 Å². The average Bonchev–Trinajstić information content (AvgIpc) is 2.55. The predicted molar refractivity (Wildman–Crippen MR) is 86.8 cm³/mol. The molecular weight excluding hydrogens is 385 g/mol. The fourth-order valence-corrected chi connectivity index (χ4v) is 3.43. The molecule has 0 saturated heterocycles. The maximum atomic E-state index is 13.6. The van der Waals surface area contributed by atoms with E-state index in [0.29, 0.717) is 30.2 Å². The summed E-state index contributed by atoms with van der Waals surface area (Å²) in [7, 11) is 1.21. The van der Waals surface area contributed by atoms with Crippen LogP contribution in [-0.4, -0.2) is 24.0 Å². The van der Waals surface area contributed by atoms with Gasteiger partial charge >= 0.3 is 6.18 Å². The fraction of sp³-hybridized carbons (Fsp3) is 0.529. The van der Waals surface area contributed by atoms with Gasteiger partial charge in [0.2, 0.25) is 5.91 Å². The number of carbonyl (C=O) groups is 1. The highest BCUT2D eigenvalue weighted by Gasteiger charge is 2.46. The van der Waals surface area contributed by atoms with Gasteiger partial charge in [-0.1, -0.05) is 28.1 Å². The lowest BCUT2D eigenvalue weighted by Crippen LogP contribution is -2.43. The Hall–Kier alpha value is -1.55. The van der Waals surface area contributed by atoms with Crippen molar-refractivity contribution in [2.75, 3.05) is 7.05 Å². The van der Waals surface area contributed by atoms with Crippen LogP contribution < -0.4 is 0 Å². The van der Waals surface area contributed by atoms with E-state index in [1.807, 2.05) is 0 Å². The lowest BCUT2D eigenvalue weighted by Gasteiger charge is -2.34. The molecule has 0 N–H and O–H groups in total. The Balaban J connectivity index is 2.19. The highest BCUT2D eigenvalue weighted by molar-refractivity contribution is 9.10. The van der Waals surface area contributed by atoms with E-state index in [9.17, 15) is 18.0 Å². The van der Waals surface area contributed by atoms with Crippen LogP contribution in [0.3, 0.4) is 0 Å². The van der Waals surface area contributed by atoms with Crippen molar-refractivity contribution in [3.05, 3.63) is 34.3 Å². The van der Waals surface area contributed by atoms with Gasteiger partial charge in [0, 0.05) is 23.4 Å². The number of nitriles is 1. The quantitative estimate of drug-likeness (QED) is 0.725. The molecule has 0 aromatic heterocycles. The van der Waals surface area contributed by atoms with Gasteiger partial charge in [-0.3, -0.25) is 4.79 Å². The predicted octanol–water partition coefficient (Wildman–Crippen LogP) is 4.84. The molecule has 1 amide bonds. The summed E-state index contributed by atoms with van der Waals surface area (Å²) in [6, 6.07) is 6.01. The summed E-state index contributed by atoms with van der Waals surface area (Å²) in [4.78, 5) is 13.4. The SMILES string of the molecule is CN(C(=O)C1CCC(C#N)CC1)[C@@H](c1ccc(Br)cc1)C(F)(F)F. The van der Waals surface area contributed by atoms with Gasteiger partial charge in [-0.2, -0.15) is 18.4 Å². The van der Waals surface area contributed by atoms with Crippen molar-refractivity contribution in [1.29, 1.82) is 5.26 Å². The molecule has 3 nitrogen and oxygen atoms in total. The molecule has 1 aliphatic rings. The number of rotatable bonds is 3. The van der Waals surface area contributed by atoms with Gasteiger partial charge in [-0.15, -0.1) is 0 Å². The lowest BCUT2D eigenvalue weighted by molar-refractivity contribution is -0.191. The van der Waals surface area contributed by atoms with Gasteiger partial charge in [0.15, 0.2) is 6.04 Å². The first-order chi connectivity index (χ1) is 11.2. The van der Waals surface area contributed by atoms with Gasteiger partial charge in [0.1, 0.15) is 0 Å². The monoisotopic (exact) mass is 402 g/mol. The van der Waals surface area contributed by atoms with E-state index in [1.165, 1.54) is 31.3 Å². The molecule has 0 heterocycles. The van der Waals surface area contributed by atoms with Crippen LogP contribution in [0.25, 0.3) is 0 Å². The highest BCUT2D eigenvalue weighted by atomic mass is 79.9. The first-order valence-corrected chi connectivity index (χ1v) is 8.51. The van der Waals surface area contributed by atoms with E-state index in [2.05, 4.69) is 22.0 Å². The van der Waals surface area contributed by atoms with Crippen LogP contribution in [-0.2, 0) is 4.79 Å². The lowest BCUT2D eigenvalue weighted by atomic mass is 9.82. The molecule has 7 heteroatoms. The highest BCUT2D eigenvalue weighted by Crippen LogP contribution is 2.39. The smallest absolute Gasteiger partial charge is 0.330 e. The zero-order chi connectivity index (χ0) is 17.9. The second-order valence-electron chi connectivity index (χ2n) is 6.12. The second kappa shape index (κ2) is 7.56. The number of hydrogen-bond donors (Lipinski definition) is 0. The van der Waals surface area contributed by atoms with Crippen molar-refractivity contribution in [3.8, 4) is 6.07 Å². The molecule has 24 heavy (non-hydrogen) atoms. The third kappa shape index (κ3) is 4.29. The number of hydrogen-bond acceptors (Lipinski definition) is 2. The Bertz CT molecular complexity index is 616. The summed E-state index contributed by atoms with van der Waals surface area (Å²) in [5.41, 5.74) is 0.0345. The minimum absolute atomic E-state index is 0.0345. The summed E-state index contributed by atoms with van der Waals surface area (Å²) in [5, 5.41) is 8.89. The molecule has 1 aromatic rings. The van der Waals surface area contributed by atoms with E-state index in [4.69, 9.17) is 5.26 Å². The van der Waals surface area contributed by atoms with Gasteiger partial charge in [0.05, 0.1) is 6.07 Å². The van der Waals surface area contributed by atoms with Crippen molar-refractivity contribution in [2.24, 2.45) is 11.8 Å². The van der Waals surface area contributed by atoms with Crippen molar-refractivity contribution in [1.82, 2.24) is 4.90 Å². The Morgan fingerprint density at radius 2 is 1.79 bits per heavy atom. The standard InChI is InChI=1S/C17H18BrF3N2O/c1-23(16(24)13-4-2-11(10-22)3-5-13)15(17(19,20)21)12-6-8-14(18)9-7-12/h6-9,11,13,15H,2-5H2,1H3/t11?,13?,15-/m0/s1. The van der Waals surface area contributed by atoms with E-state index in [1.54, 1.807) is 0 Å². The maximum Gasteiger partial charge on any atom is 0.413 e. The summed E-state index contributed by atoms with van der Waals surface area (Å²) < 4.78 is 41.3. The molecule has 0 unspecified atom stereocenters. The molecule has 1 saturated carbocycles. The molecule has 1 atom stereocenters. The van der Waals surface area contributed by atoms with Crippen LogP contribution in [0.2, 0.25) is 0 Å². The molecule has 0 spiro atoms. The molecule has 1 fully saturated rings. The largest absolute Gasteiger partial charge is 0.413 e. The Morgan fingerprint density at radius 3 is 2.25 bits per heavy atom. The molecule has 130 valence electrons. The third-order valence-electron chi connectivity index (χ3n) is 4.49. The van der Waals surface area contributed by atoms with Gasteiger partial charge in [-0.05, 0) is 43.4 Å². The summed E-state index contributed by atoms with van der Waals surface area (Å²) in [6.45, 7) is 0. The zero-order valence-corrected chi connectivity index (χ0v) is 14.8. The molecule has 2 rings (SSSR count). The Morgan fingerprint density at radius 1 is 1.25 bits per heavy atom. The molecule has 1 aliphatic carbocycles. The van der Waals surface area contributed by atoms with Crippen molar-refractivity contribution in [3.63, 3.8) is 0 Å². The fourth-order valence-electron chi connectivity index (χ4n) is 3.16. The van der Waals surface area contributed by atoms with Crippen molar-refractivity contribution >= 4 is 21.8 Å². The Labute approximate surface area is 147 Å². The molecule has 0 radical (unpaired) electrons. The zero-order valence-electron chi connectivity index (χ0n) is 13.2. The van der Waals surface area contributed by atoms with Crippen LogP contribution in [0, 0.1) is 23.2 Å². The third-order valence-corrected chi connectivity index (χ3v) is 5.02. The topological polar surface area (TPSA) is 44.1 Å². The van der Waals surface area contributed by atoms with Crippen molar-refractivity contribution < 1.29 is 18.0 Å². The van der Waals surface area contributed by atoms with Crippen LogP contribution in [0.4, 0.5) is 13.2 Å². The van der Waals surface area contributed by atoms with Gasteiger partial charge in [-0.25, -0.2) is 0 Å². The van der Waals surface area contributed by atoms with Crippen LogP contribution in [0.15, 0.2) is 28.7 Å². The number of carbonyl (C=O) groups excluding carboxylic acids is 1. The van der Waals surface area contributed by atoms with E-state index in [0.717, 1.165) is 4.90 Å². The summed E-state index contributed by atoms with van der Waals surface area (Å²) in [6.07, 6.45) is -2.49. The minimum atomic E-state index is -4.55. The first-order valence-electron chi connectivity index (χ1n) is 7.72. The first kappa shape index (κ1) is 18.8. The molecule has 0 bridgehead atoms. The average molecular weight is 403 g/mol. The molecule has 0 aliphatic heterocycles. The van der Waals surface area contributed by atoms with Crippen molar-refractivity contribution in [2.45, 2.75) is 37.9 Å². The van der Waals surface area contributed by atoms with Gasteiger partial charge in [0.25, 0.3) is 0 Å². The maximum absolute atomic E-state index is 13.6. The van der Waals surface area contributed by atoms with E-state index >= 15 is 0 Å². The Kier molecular flexibility index (Phi) is 5.92. The number of nitrogens with zero attached hydrogens (tertiary/aromatic N) is 2. The number of halogens is 4. The van der Waals surface area contributed by atoms with Crippen LogP contribution >= 0.6 is 15.9 Å². The van der Waals surface area contributed by atoms with Crippen LogP contribution in [0.5, 0.6) is 0 Å². The van der Waals surface area contributed by atoms with E-state index < -0.39 is 24.0 Å². The summed E-state index contributed by atoms with van der Waals surface area (Å²) >= 11 is 3.20. The summed E-state index contributed by atoms with van der Waals surface area (Å²) in [5.74, 6) is -1.04. The van der Waals surface area contributed by atoms with Crippen LogP contribution in [0.1, 0.15) is 37.3 Å².